The van der Waals surface area contributed by atoms with Gasteiger partial charge in [0.1, 0.15) is 0 Å². The highest BCUT2D eigenvalue weighted by Crippen LogP contribution is 2.18. The Morgan fingerprint density at radius 1 is 0.867 bits per heavy atom. The molecule has 15 heavy (non-hydrogen) atoms. The highest BCUT2D eigenvalue weighted by Gasteiger charge is 2.00. The molecule has 1 radical (unpaired) electrons. The third-order valence-electron chi connectivity index (χ3n) is 2.09. The highest BCUT2D eigenvalue weighted by molar-refractivity contribution is 5.86. The second-order valence-electron chi connectivity index (χ2n) is 3.14. The Balaban J connectivity index is 2.28. The fraction of sp³-hybridized carbons (Fsp3) is 0. The Bertz CT molecular complexity index is 451. The van der Waals surface area contributed by atoms with Crippen LogP contribution >= 0.6 is 0 Å². The van der Waals surface area contributed by atoms with E-state index in [2.05, 4.69) is 5.32 Å². The molecular formula is C13H10NO. The predicted molar refractivity (Wildman–Crippen MR) is 61.0 cm³/mol. The topological polar surface area (TPSA) is 29.1 Å². The lowest BCUT2D eigenvalue weighted by Gasteiger charge is -2.07. The van der Waals surface area contributed by atoms with Gasteiger partial charge in [0.2, 0.25) is 6.29 Å². The van der Waals surface area contributed by atoms with E-state index in [0.717, 1.165) is 11.4 Å². The molecule has 0 saturated heterocycles. The van der Waals surface area contributed by atoms with E-state index in [1.807, 2.05) is 54.8 Å². The van der Waals surface area contributed by atoms with Crippen LogP contribution in [0.15, 0.2) is 54.6 Å². The van der Waals surface area contributed by atoms with Gasteiger partial charge in [-0.3, -0.25) is 4.79 Å². The largest absolute Gasteiger partial charge is 0.355 e. The van der Waals surface area contributed by atoms with Gasteiger partial charge in [0.25, 0.3) is 0 Å². The lowest BCUT2D eigenvalue weighted by atomic mass is 10.2. The summed E-state index contributed by atoms with van der Waals surface area (Å²) in [5.41, 5.74) is 2.28. The molecule has 0 atom stereocenters. The number of anilines is 2. The van der Waals surface area contributed by atoms with E-state index in [4.69, 9.17) is 0 Å². The summed E-state index contributed by atoms with van der Waals surface area (Å²) in [5.74, 6) is 0. The smallest absolute Gasteiger partial charge is 0.235 e. The van der Waals surface area contributed by atoms with Crippen LogP contribution in [0.3, 0.4) is 0 Å². The van der Waals surface area contributed by atoms with E-state index < -0.39 is 0 Å². The molecule has 0 unspecified atom stereocenters. The van der Waals surface area contributed by atoms with Gasteiger partial charge >= 0.3 is 0 Å². The third-order valence-corrected chi connectivity index (χ3v) is 2.09. The number of rotatable bonds is 3. The minimum absolute atomic E-state index is 0.543. The maximum Gasteiger partial charge on any atom is 0.235 e. The van der Waals surface area contributed by atoms with Crippen LogP contribution in [-0.2, 0) is 4.79 Å². The standard InChI is InChI=1S/C13H10NO/c15-10-11-6-4-5-9-13(11)14-12-7-2-1-3-8-12/h1-9,14H. The van der Waals surface area contributed by atoms with Crippen molar-refractivity contribution in [3.05, 3.63) is 60.2 Å². The molecule has 0 fully saturated rings. The molecule has 0 aromatic heterocycles. The van der Waals surface area contributed by atoms with E-state index in [1.165, 1.54) is 0 Å². The van der Waals surface area contributed by atoms with Crippen LogP contribution in [-0.4, -0.2) is 6.29 Å². The van der Waals surface area contributed by atoms with Crippen LogP contribution in [0.1, 0.15) is 5.56 Å². The summed E-state index contributed by atoms with van der Waals surface area (Å²) in [7, 11) is 0. The molecule has 0 aliphatic carbocycles. The second kappa shape index (κ2) is 4.42. The second-order valence-corrected chi connectivity index (χ2v) is 3.14. The van der Waals surface area contributed by atoms with Gasteiger partial charge in [-0.15, -0.1) is 0 Å². The zero-order valence-corrected chi connectivity index (χ0v) is 8.10. The zero-order valence-electron chi connectivity index (χ0n) is 8.10. The van der Waals surface area contributed by atoms with Crippen LogP contribution in [0.4, 0.5) is 11.4 Å². The summed E-state index contributed by atoms with van der Waals surface area (Å²) in [4.78, 5) is 10.7. The van der Waals surface area contributed by atoms with Crippen LogP contribution in [0.2, 0.25) is 0 Å². The molecule has 73 valence electrons. The van der Waals surface area contributed by atoms with Gasteiger partial charge in [-0.05, 0) is 24.3 Å². The highest BCUT2D eigenvalue weighted by atomic mass is 16.1. The Hall–Kier alpha value is -2.09. The fourth-order valence-corrected chi connectivity index (χ4v) is 1.36. The lowest BCUT2D eigenvalue weighted by molar-refractivity contribution is 0.563. The Morgan fingerprint density at radius 2 is 1.53 bits per heavy atom. The van der Waals surface area contributed by atoms with Crippen LogP contribution in [0.5, 0.6) is 0 Å². The van der Waals surface area contributed by atoms with E-state index in [1.54, 1.807) is 6.07 Å². The number of benzene rings is 2. The summed E-state index contributed by atoms with van der Waals surface area (Å²) in [6, 6.07) is 17.0. The Kier molecular flexibility index (Phi) is 2.79. The molecule has 0 aliphatic heterocycles. The van der Waals surface area contributed by atoms with E-state index in [-0.39, 0.29) is 0 Å². The van der Waals surface area contributed by atoms with Crippen molar-refractivity contribution in [1.29, 1.82) is 0 Å². The molecule has 0 bridgehead atoms. The molecule has 0 amide bonds. The molecule has 0 heterocycles. The molecule has 0 spiro atoms. The summed E-state index contributed by atoms with van der Waals surface area (Å²) in [5, 5.41) is 3.16. The number of hydrogen-bond acceptors (Lipinski definition) is 2. The molecule has 2 aromatic carbocycles. The maximum absolute atomic E-state index is 10.7. The molecule has 2 rings (SSSR count). The fourth-order valence-electron chi connectivity index (χ4n) is 1.36. The SMILES string of the molecule is O=[C]c1ccccc1Nc1ccccc1. The van der Waals surface area contributed by atoms with Crippen molar-refractivity contribution >= 4 is 17.7 Å². The van der Waals surface area contributed by atoms with Crippen molar-refractivity contribution in [3.63, 3.8) is 0 Å². The maximum atomic E-state index is 10.7. The van der Waals surface area contributed by atoms with Crippen molar-refractivity contribution in [2.75, 3.05) is 5.32 Å². The molecule has 0 saturated carbocycles. The normalized spacial score (nSPS) is 9.60. The number of para-hydroxylation sites is 2. The number of nitrogens with one attached hydrogen (secondary N) is 1. The Labute approximate surface area is 88.6 Å². The predicted octanol–water partition coefficient (Wildman–Crippen LogP) is 2.89. The molecule has 1 N–H and O–H groups in total. The summed E-state index contributed by atoms with van der Waals surface area (Å²) < 4.78 is 0. The first-order valence-electron chi connectivity index (χ1n) is 4.69. The summed E-state index contributed by atoms with van der Waals surface area (Å²) >= 11 is 0. The van der Waals surface area contributed by atoms with E-state index in [9.17, 15) is 4.79 Å². The van der Waals surface area contributed by atoms with Crippen molar-refractivity contribution < 1.29 is 4.79 Å². The molecule has 2 aromatic rings. The van der Waals surface area contributed by atoms with Gasteiger partial charge < -0.3 is 5.32 Å². The minimum atomic E-state index is 0.543. The van der Waals surface area contributed by atoms with Crippen LogP contribution < -0.4 is 5.32 Å². The number of carbonyl (C=O) groups excluding carboxylic acids is 1. The van der Waals surface area contributed by atoms with Gasteiger partial charge in [0, 0.05) is 16.9 Å². The van der Waals surface area contributed by atoms with E-state index in [0.29, 0.717) is 5.56 Å². The first kappa shape index (κ1) is 9.46. The molecule has 2 nitrogen and oxygen atoms in total. The first-order chi connectivity index (χ1) is 7.40. The van der Waals surface area contributed by atoms with Gasteiger partial charge in [0.15, 0.2) is 0 Å². The quantitative estimate of drug-likeness (QED) is 0.817. The average molecular weight is 196 g/mol. The average Bonchev–Trinajstić information content (AvgIpc) is 2.31. The molecule has 2 heteroatoms. The first-order valence-corrected chi connectivity index (χ1v) is 4.69. The van der Waals surface area contributed by atoms with Crippen LogP contribution in [0, 0.1) is 0 Å². The van der Waals surface area contributed by atoms with Crippen molar-refractivity contribution in [3.8, 4) is 0 Å². The van der Waals surface area contributed by atoms with Crippen LogP contribution in [0.25, 0.3) is 0 Å². The Morgan fingerprint density at radius 3 is 2.27 bits per heavy atom. The summed E-state index contributed by atoms with van der Waals surface area (Å²) in [6.07, 6.45) is 1.90. The van der Waals surface area contributed by atoms with Gasteiger partial charge in [0.05, 0.1) is 0 Å². The minimum Gasteiger partial charge on any atom is -0.355 e. The molecule has 0 aliphatic rings. The third kappa shape index (κ3) is 2.23. The van der Waals surface area contributed by atoms with Crippen molar-refractivity contribution in [1.82, 2.24) is 0 Å². The summed E-state index contributed by atoms with van der Waals surface area (Å²) in [6.45, 7) is 0. The molecular weight excluding hydrogens is 186 g/mol. The van der Waals surface area contributed by atoms with Crippen molar-refractivity contribution in [2.45, 2.75) is 0 Å². The van der Waals surface area contributed by atoms with Crippen molar-refractivity contribution in [2.24, 2.45) is 0 Å². The lowest BCUT2D eigenvalue weighted by Crippen LogP contribution is -1.94. The number of hydrogen-bond donors (Lipinski definition) is 1. The van der Waals surface area contributed by atoms with Gasteiger partial charge in [-0.25, -0.2) is 0 Å². The monoisotopic (exact) mass is 196 g/mol. The van der Waals surface area contributed by atoms with E-state index >= 15 is 0 Å². The van der Waals surface area contributed by atoms with Gasteiger partial charge in [-0.2, -0.15) is 0 Å². The zero-order chi connectivity index (χ0) is 10.5. The van der Waals surface area contributed by atoms with Gasteiger partial charge in [-0.1, -0.05) is 30.3 Å².